The van der Waals surface area contributed by atoms with E-state index in [0.29, 0.717) is 25.5 Å². The maximum Gasteiger partial charge on any atom is 0.186 e. The minimum Gasteiger partial charge on any atom is -0.322 e. The Bertz CT molecular complexity index is 258. The molecular weight excluding hydrogens is 228 g/mol. The van der Waals surface area contributed by atoms with Gasteiger partial charge in [-0.2, -0.15) is 0 Å². The molecule has 0 spiro atoms. The molecule has 0 radical (unpaired) electrons. The Morgan fingerprint density at radius 2 is 1.94 bits per heavy atom. The average Bonchev–Trinajstić information content (AvgIpc) is 2.25. The van der Waals surface area contributed by atoms with Gasteiger partial charge in [-0.15, -0.1) is 0 Å². The van der Waals surface area contributed by atoms with Gasteiger partial charge in [0.1, 0.15) is 6.29 Å². The summed E-state index contributed by atoms with van der Waals surface area (Å²) in [5, 5.41) is -0.0940. The van der Waals surface area contributed by atoms with Gasteiger partial charge < -0.3 is 16.3 Å². The Hall–Kier alpha value is -0.720. The van der Waals surface area contributed by atoms with E-state index >= 15 is 0 Å². The first kappa shape index (κ1) is 15.3. The van der Waals surface area contributed by atoms with E-state index in [4.69, 9.17) is 11.5 Å². The number of carbonyl (C=O) groups is 3. The summed E-state index contributed by atoms with van der Waals surface area (Å²) in [5.74, 6) is -0.0177. The summed E-state index contributed by atoms with van der Waals surface area (Å²) < 4.78 is 0. The predicted octanol–water partition coefficient (Wildman–Crippen LogP) is -0.141. The Labute approximate surface area is 99.3 Å². The van der Waals surface area contributed by atoms with E-state index in [0.717, 1.165) is 11.8 Å². The number of hydrogen-bond acceptors (Lipinski definition) is 6. The fraction of sp³-hybridized carbons (Fsp3) is 0.700. The van der Waals surface area contributed by atoms with Crippen molar-refractivity contribution in [3.8, 4) is 0 Å². The van der Waals surface area contributed by atoms with Crippen LogP contribution < -0.4 is 11.5 Å². The molecule has 0 amide bonds. The van der Waals surface area contributed by atoms with Crippen molar-refractivity contribution in [3.05, 3.63) is 0 Å². The SMILES string of the molecule is CC(=O)SCC(=O)[C@@H](N)CCCC(N)C=O. The molecule has 16 heavy (non-hydrogen) atoms. The van der Waals surface area contributed by atoms with Gasteiger partial charge >= 0.3 is 0 Å². The Balaban J connectivity index is 3.70. The summed E-state index contributed by atoms with van der Waals surface area (Å²) >= 11 is 0.963. The molecular formula is C10H18N2O3S. The maximum absolute atomic E-state index is 11.4. The molecule has 92 valence electrons. The normalized spacial score (nSPS) is 14.2. The van der Waals surface area contributed by atoms with Crippen molar-refractivity contribution in [1.82, 2.24) is 0 Å². The van der Waals surface area contributed by atoms with E-state index in [1.165, 1.54) is 6.92 Å². The molecule has 6 heteroatoms. The molecule has 0 saturated carbocycles. The maximum atomic E-state index is 11.4. The molecule has 0 aromatic carbocycles. The van der Waals surface area contributed by atoms with E-state index in [1.807, 2.05) is 0 Å². The van der Waals surface area contributed by atoms with Gasteiger partial charge in [0, 0.05) is 6.92 Å². The topological polar surface area (TPSA) is 103 Å². The van der Waals surface area contributed by atoms with E-state index < -0.39 is 12.1 Å². The summed E-state index contributed by atoms with van der Waals surface area (Å²) in [5.41, 5.74) is 11.0. The zero-order chi connectivity index (χ0) is 12.6. The average molecular weight is 246 g/mol. The van der Waals surface area contributed by atoms with Gasteiger partial charge in [-0.3, -0.25) is 9.59 Å². The van der Waals surface area contributed by atoms with Crippen LogP contribution in [0.15, 0.2) is 0 Å². The third kappa shape index (κ3) is 7.56. The third-order valence-electron chi connectivity index (χ3n) is 2.06. The van der Waals surface area contributed by atoms with Crippen LogP contribution in [-0.4, -0.2) is 35.0 Å². The van der Waals surface area contributed by atoms with Crippen LogP contribution in [0.5, 0.6) is 0 Å². The number of ketones is 1. The molecule has 1 unspecified atom stereocenters. The molecule has 0 aliphatic heterocycles. The summed E-state index contributed by atoms with van der Waals surface area (Å²) in [6, 6.07) is -1.04. The molecule has 0 fully saturated rings. The first-order valence-electron chi connectivity index (χ1n) is 5.10. The van der Waals surface area contributed by atoms with Crippen molar-refractivity contribution < 1.29 is 14.4 Å². The van der Waals surface area contributed by atoms with Gasteiger partial charge in [0.2, 0.25) is 0 Å². The largest absolute Gasteiger partial charge is 0.322 e. The number of carbonyl (C=O) groups excluding carboxylic acids is 3. The van der Waals surface area contributed by atoms with Crippen LogP contribution >= 0.6 is 11.8 Å². The zero-order valence-electron chi connectivity index (χ0n) is 9.35. The number of aldehydes is 1. The minimum absolute atomic E-state index is 0.0940. The van der Waals surface area contributed by atoms with Gasteiger partial charge in [0.05, 0.1) is 17.8 Å². The van der Waals surface area contributed by atoms with Crippen LogP contribution in [-0.2, 0) is 14.4 Å². The van der Waals surface area contributed by atoms with Gasteiger partial charge in [-0.25, -0.2) is 0 Å². The second-order valence-electron chi connectivity index (χ2n) is 3.58. The molecule has 0 heterocycles. The summed E-state index contributed by atoms with van der Waals surface area (Å²) in [6.45, 7) is 1.41. The zero-order valence-corrected chi connectivity index (χ0v) is 10.2. The highest BCUT2D eigenvalue weighted by atomic mass is 32.2. The fourth-order valence-electron chi connectivity index (χ4n) is 1.08. The van der Waals surface area contributed by atoms with E-state index in [-0.39, 0.29) is 16.7 Å². The first-order valence-corrected chi connectivity index (χ1v) is 6.08. The van der Waals surface area contributed by atoms with Crippen molar-refractivity contribution in [2.45, 2.75) is 38.3 Å². The van der Waals surface area contributed by atoms with Crippen molar-refractivity contribution in [3.63, 3.8) is 0 Å². The van der Waals surface area contributed by atoms with Crippen LogP contribution in [0.1, 0.15) is 26.2 Å². The number of hydrogen-bond donors (Lipinski definition) is 2. The monoisotopic (exact) mass is 246 g/mol. The number of thioether (sulfide) groups is 1. The highest BCUT2D eigenvalue weighted by molar-refractivity contribution is 8.14. The fourth-order valence-corrected chi connectivity index (χ4v) is 1.64. The van der Waals surface area contributed by atoms with Crippen LogP contribution in [0.25, 0.3) is 0 Å². The lowest BCUT2D eigenvalue weighted by Crippen LogP contribution is -2.32. The Morgan fingerprint density at radius 3 is 2.44 bits per heavy atom. The van der Waals surface area contributed by atoms with Gasteiger partial charge in [0.15, 0.2) is 10.9 Å². The quantitative estimate of drug-likeness (QED) is 0.578. The third-order valence-corrected chi connectivity index (χ3v) is 2.89. The molecule has 0 aromatic heterocycles. The lowest BCUT2D eigenvalue weighted by atomic mass is 10.0. The van der Waals surface area contributed by atoms with Crippen LogP contribution in [0.2, 0.25) is 0 Å². The van der Waals surface area contributed by atoms with Crippen LogP contribution in [0.3, 0.4) is 0 Å². The summed E-state index contributed by atoms with van der Waals surface area (Å²) in [4.78, 5) is 32.2. The lowest BCUT2D eigenvalue weighted by Gasteiger charge is -2.10. The smallest absolute Gasteiger partial charge is 0.186 e. The predicted molar refractivity (Wildman–Crippen MR) is 64.0 cm³/mol. The molecule has 0 rings (SSSR count). The molecule has 0 saturated heterocycles. The highest BCUT2D eigenvalue weighted by Gasteiger charge is 2.14. The van der Waals surface area contributed by atoms with Crippen molar-refractivity contribution in [2.24, 2.45) is 11.5 Å². The molecule has 2 atom stereocenters. The van der Waals surface area contributed by atoms with Gasteiger partial charge in [-0.05, 0) is 19.3 Å². The minimum atomic E-state index is -0.564. The molecule has 0 bridgehead atoms. The second kappa shape index (κ2) is 8.43. The van der Waals surface area contributed by atoms with E-state index in [2.05, 4.69) is 0 Å². The van der Waals surface area contributed by atoms with E-state index in [1.54, 1.807) is 0 Å². The number of Topliss-reactive ketones (excluding diaryl/α,β-unsaturated/α-hetero) is 1. The molecule has 5 nitrogen and oxygen atoms in total. The Morgan fingerprint density at radius 1 is 1.31 bits per heavy atom. The van der Waals surface area contributed by atoms with Gasteiger partial charge in [-0.1, -0.05) is 11.8 Å². The van der Waals surface area contributed by atoms with Crippen molar-refractivity contribution in [1.29, 1.82) is 0 Å². The second-order valence-corrected chi connectivity index (χ2v) is 4.74. The molecule has 0 aliphatic rings. The number of rotatable bonds is 8. The van der Waals surface area contributed by atoms with Gasteiger partial charge in [0.25, 0.3) is 0 Å². The highest BCUT2D eigenvalue weighted by Crippen LogP contribution is 2.06. The Kier molecular flexibility index (Phi) is 8.05. The molecule has 0 aliphatic carbocycles. The summed E-state index contributed by atoms with van der Waals surface area (Å²) in [7, 11) is 0. The van der Waals surface area contributed by atoms with Crippen molar-refractivity contribution >= 4 is 28.9 Å². The first-order chi connectivity index (χ1) is 7.47. The number of nitrogens with two attached hydrogens (primary N) is 2. The summed E-state index contributed by atoms with van der Waals surface area (Å²) in [6.07, 6.45) is 2.35. The molecule has 4 N–H and O–H groups in total. The van der Waals surface area contributed by atoms with E-state index in [9.17, 15) is 14.4 Å². The lowest BCUT2D eigenvalue weighted by molar-refractivity contribution is -0.118. The van der Waals surface area contributed by atoms with Crippen LogP contribution in [0.4, 0.5) is 0 Å². The van der Waals surface area contributed by atoms with Crippen LogP contribution in [0, 0.1) is 0 Å². The van der Waals surface area contributed by atoms with Crippen molar-refractivity contribution in [2.75, 3.05) is 5.75 Å². The molecule has 0 aromatic rings. The standard InChI is InChI=1S/C10H18N2O3S/c1-7(14)16-6-10(15)9(12)4-2-3-8(11)5-13/h5,8-9H,2-4,6,11-12H2,1H3/t8?,9-/m0/s1.